The Morgan fingerprint density at radius 1 is 1.29 bits per heavy atom. The van der Waals surface area contributed by atoms with Gasteiger partial charge in [-0.15, -0.1) is 0 Å². The zero-order chi connectivity index (χ0) is 17.3. The highest BCUT2D eigenvalue weighted by Gasteiger charge is 2.35. The number of hydrogen-bond donors (Lipinski definition) is 1. The molecule has 1 aromatic carbocycles. The van der Waals surface area contributed by atoms with Crippen molar-refractivity contribution in [3.05, 3.63) is 53.3 Å². The molecule has 1 fully saturated rings. The molecule has 2 aromatic rings. The fourth-order valence-corrected chi connectivity index (χ4v) is 3.30. The van der Waals surface area contributed by atoms with E-state index in [9.17, 15) is 18.3 Å². The Labute approximate surface area is 138 Å². The molecule has 1 N–H and O–H groups in total. The van der Waals surface area contributed by atoms with Gasteiger partial charge in [0, 0.05) is 44.5 Å². The predicted molar refractivity (Wildman–Crippen MR) is 83.3 cm³/mol. The van der Waals surface area contributed by atoms with Crippen molar-refractivity contribution in [1.29, 1.82) is 0 Å². The van der Waals surface area contributed by atoms with Gasteiger partial charge >= 0.3 is 6.18 Å². The summed E-state index contributed by atoms with van der Waals surface area (Å²) < 4.78 is 40.6. The molecule has 1 saturated heterocycles. The van der Waals surface area contributed by atoms with Crippen LogP contribution in [0.15, 0.2) is 36.5 Å². The summed E-state index contributed by atoms with van der Waals surface area (Å²) in [7, 11) is 1.86. The van der Waals surface area contributed by atoms with Gasteiger partial charge in [0.1, 0.15) is 0 Å². The van der Waals surface area contributed by atoms with Gasteiger partial charge in [-0.3, -0.25) is 9.58 Å². The first-order chi connectivity index (χ1) is 11.3. The van der Waals surface area contributed by atoms with E-state index in [0.29, 0.717) is 25.1 Å². The molecule has 0 radical (unpaired) electrons. The standard InChI is InChI=1S/C17H20F3N3O/c1-22-14(5-7-21-22)6-8-23-11-15(24)10-16(23)12-3-2-4-13(9-12)17(18,19)20/h2-5,7,9,15-16,24H,6,8,10-11H2,1H3/t15-,16-/m0/s1. The first-order valence-corrected chi connectivity index (χ1v) is 7.91. The second-order valence-electron chi connectivity index (χ2n) is 6.22. The first-order valence-electron chi connectivity index (χ1n) is 7.91. The number of benzene rings is 1. The number of hydrogen-bond acceptors (Lipinski definition) is 3. The summed E-state index contributed by atoms with van der Waals surface area (Å²) >= 11 is 0. The number of nitrogens with zero attached hydrogens (tertiary/aromatic N) is 3. The molecular weight excluding hydrogens is 319 g/mol. The van der Waals surface area contributed by atoms with Gasteiger partial charge < -0.3 is 5.11 Å². The normalized spacial score (nSPS) is 22.2. The van der Waals surface area contributed by atoms with Crippen LogP contribution in [0.2, 0.25) is 0 Å². The third-order valence-corrected chi connectivity index (χ3v) is 4.56. The molecule has 2 heterocycles. The van der Waals surface area contributed by atoms with Gasteiger partial charge in [0.05, 0.1) is 11.7 Å². The van der Waals surface area contributed by atoms with E-state index in [0.717, 1.165) is 18.2 Å². The summed E-state index contributed by atoms with van der Waals surface area (Å²) in [4.78, 5) is 2.05. The molecule has 130 valence electrons. The molecule has 24 heavy (non-hydrogen) atoms. The van der Waals surface area contributed by atoms with Gasteiger partial charge in [-0.05, 0) is 30.2 Å². The molecule has 3 rings (SSSR count). The molecule has 1 aliphatic heterocycles. The predicted octanol–water partition coefficient (Wildman–Crippen LogP) is 2.79. The quantitative estimate of drug-likeness (QED) is 0.931. The molecule has 0 spiro atoms. The number of alkyl halides is 3. The van der Waals surface area contributed by atoms with Crippen molar-refractivity contribution >= 4 is 0 Å². The lowest BCUT2D eigenvalue weighted by Gasteiger charge is -2.25. The lowest BCUT2D eigenvalue weighted by Crippen LogP contribution is -2.27. The second-order valence-corrected chi connectivity index (χ2v) is 6.22. The third kappa shape index (κ3) is 3.62. The molecular formula is C17H20F3N3O. The van der Waals surface area contributed by atoms with Gasteiger partial charge in [0.15, 0.2) is 0 Å². The van der Waals surface area contributed by atoms with E-state index in [4.69, 9.17) is 0 Å². The monoisotopic (exact) mass is 339 g/mol. The van der Waals surface area contributed by atoms with Crippen LogP contribution in [0.1, 0.15) is 29.3 Å². The van der Waals surface area contributed by atoms with Crippen LogP contribution in [-0.2, 0) is 19.6 Å². The Morgan fingerprint density at radius 3 is 2.75 bits per heavy atom. The highest BCUT2D eigenvalue weighted by atomic mass is 19.4. The summed E-state index contributed by atoms with van der Waals surface area (Å²) in [6, 6.07) is 7.13. The highest BCUT2D eigenvalue weighted by Crippen LogP contribution is 2.36. The number of halogens is 3. The van der Waals surface area contributed by atoms with Crippen molar-refractivity contribution in [1.82, 2.24) is 14.7 Å². The molecule has 4 nitrogen and oxygen atoms in total. The average molecular weight is 339 g/mol. The van der Waals surface area contributed by atoms with Crippen molar-refractivity contribution < 1.29 is 18.3 Å². The van der Waals surface area contributed by atoms with E-state index < -0.39 is 17.8 Å². The fraction of sp³-hybridized carbons (Fsp3) is 0.471. The fourth-order valence-electron chi connectivity index (χ4n) is 3.30. The molecule has 0 saturated carbocycles. The van der Waals surface area contributed by atoms with Crippen LogP contribution in [0.4, 0.5) is 13.2 Å². The van der Waals surface area contributed by atoms with Crippen molar-refractivity contribution in [3.8, 4) is 0 Å². The third-order valence-electron chi connectivity index (χ3n) is 4.56. The molecule has 0 amide bonds. The summed E-state index contributed by atoms with van der Waals surface area (Å²) in [5.74, 6) is 0. The van der Waals surface area contributed by atoms with Gasteiger partial charge in [-0.1, -0.05) is 12.1 Å². The number of β-amino-alcohol motifs (C(OH)–C–C–N with tert-alkyl or cyclic N) is 1. The van der Waals surface area contributed by atoms with Crippen LogP contribution in [0.3, 0.4) is 0 Å². The highest BCUT2D eigenvalue weighted by molar-refractivity contribution is 5.29. The van der Waals surface area contributed by atoms with Crippen LogP contribution in [0.5, 0.6) is 0 Å². The van der Waals surface area contributed by atoms with Crippen LogP contribution in [0.25, 0.3) is 0 Å². The number of aromatic nitrogens is 2. The molecule has 0 unspecified atom stereocenters. The minimum atomic E-state index is -4.35. The molecule has 1 aromatic heterocycles. The summed E-state index contributed by atoms with van der Waals surface area (Å²) in [6.07, 6.45) is -1.97. The zero-order valence-corrected chi connectivity index (χ0v) is 13.4. The zero-order valence-electron chi connectivity index (χ0n) is 13.4. The van der Waals surface area contributed by atoms with E-state index in [-0.39, 0.29) is 6.04 Å². The lowest BCUT2D eigenvalue weighted by atomic mass is 10.0. The van der Waals surface area contributed by atoms with Crippen LogP contribution in [-0.4, -0.2) is 39.0 Å². The van der Waals surface area contributed by atoms with Gasteiger partial charge in [-0.25, -0.2) is 0 Å². The van der Waals surface area contributed by atoms with Crippen LogP contribution in [0, 0.1) is 0 Å². The molecule has 1 aliphatic rings. The van der Waals surface area contributed by atoms with Crippen molar-refractivity contribution in [2.75, 3.05) is 13.1 Å². The second kappa shape index (κ2) is 6.57. The maximum atomic E-state index is 12.9. The molecule has 2 atom stereocenters. The maximum absolute atomic E-state index is 12.9. The largest absolute Gasteiger partial charge is 0.416 e. The van der Waals surface area contributed by atoms with Crippen molar-refractivity contribution in [3.63, 3.8) is 0 Å². The van der Waals surface area contributed by atoms with E-state index in [1.54, 1.807) is 16.9 Å². The Kier molecular flexibility index (Phi) is 4.64. The minimum Gasteiger partial charge on any atom is -0.392 e. The number of aryl methyl sites for hydroxylation is 1. The number of likely N-dealkylation sites (tertiary alicyclic amines) is 1. The topological polar surface area (TPSA) is 41.3 Å². The smallest absolute Gasteiger partial charge is 0.392 e. The van der Waals surface area contributed by atoms with E-state index >= 15 is 0 Å². The van der Waals surface area contributed by atoms with Crippen LogP contribution >= 0.6 is 0 Å². The lowest BCUT2D eigenvalue weighted by molar-refractivity contribution is -0.137. The summed E-state index contributed by atoms with van der Waals surface area (Å²) in [5.41, 5.74) is 1.01. The Morgan fingerprint density at radius 2 is 2.08 bits per heavy atom. The number of rotatable bonds is 4. The Balaban J connectivity index is 1.77. The van der Waals surface area contributed by atoms with Crippen molar-refractivity contribution in [2.45, 2.75) is 31.2 Å². The van der Waals surface area contributed by atoms with Gasteiger partial charge in [0.2, 0.25) is 0 Å². The van der Waals surface area contributed by atoms with E-state index in [1.807, 2.05) is 18.0 Å². The molecule has 7 heteroatoms. The van der Waals surface area contributed by atoms with Crippen molar-refractivity contribution in [2.24, 2.45) is 7.05 Å². The summed E-state index contributed by atoms with van der Waals surface area (Å²) in [5, 5.41) is 14.1. The molecule has 0 bridgehead atoms. The average Bonchev–Trinajstić information content (AvgIpc) is 3.10. The van der Waals surface area contributed by atoms with Crippen LogP contribution < -0.4 is 0 Å². The van der Waals surface area contributed by atoms with E-state index in [2.05, 4.69) is 5.10 Å². The van der Waals surface area contributed by atoms with E-state index in [1.165, 1.54) is 12.1 Å². The summed E-state index contributed by atoms with van der Waals surface area (Å²) in [6.45, 7) is 1.14. The first kappa shape index (κ1) is 17.0. The van der Waals surface area contributed by atoms with Gasteiger partial charge in [-0.2, -0.15) is 18.3 Å². The minimum absolute atomic E-state index is 0.199. The Bertz CT molecular complexity index is 698. The van der Waals surface area contributed by atoms with Gasteiger partial charge in [0.25, 0.3) is 0 Å². The maximum Gasteiger partial charge on any atom is 0.416 e. The number of aliphatic hydroxyl groups is 1. The molecule has 0 aliphatic carbocycles. The SMILES string of the molecule is Cn1nccc1CCN1C[C@@H](O)C[C@H]1c1cccc(C(F)(F)F)c1. The Hall–Kier alpha value is -1.86. The number of aliphatic hydroxyl groups excluding tert-OH is 1.